The molecule has 4 fully saturated rings. The Kier molecular flexibility index (Phi) is 3.65. The first kappa shape index (κ1) is 16.8. The highest BCUT2D eigenvalue weighted by atomic mass is 16.3. The van der Waals surface area contributed by atoms with Crippen molar-refractivity contribution in [3.63, 3.8) is 0 Å². The first-order chi connectivity index (χ1) is 11.3. The lowest BCUT2D eigenvalue weighted by molar-refractivity contribution is -0.240. The van der Waals surface area contributed by atoms with Crippen molar-refractivity contribution in [3.05, 3.63) is 0 Å². The number of hydrazone groups is 1. The highest BCUT2D eigenvalue weighted by Gasteiger charge is 2.66. The maximum Gasteiger partial charge on any atom is 0.0753 e. The van der Waals surface area contributed by atoms with Crippen LogP contribution >= 0.6 is 0 Å². The van der Waals surface area contributed by atoms with Crippen LogP contribution in [0.4, 0.5) is 0 Å². The van der Waals surface area contributed by atoms with Gasteiger partial charge in [-0.25, -0.2) is 0 Å². The fourth-order valence-corrected chi connectivity index (χ4v) is 7.66. The predicted molar refractivity (Wildman–Crippen MR) is 95.4 cm³/mol. The summed E-state index contributed by atoms with van der Waals surface area (Å²) < 4.78 is 0. The Labute approximate surface area is 145 Å². The van der Waals surface area contributed by atoms with E-state index in [9.17, 15) is 10.2 Å². The van der Waals surface area contributed by atoms with Gasteiger partial charge in [0.1, 0.15) is 0 Å². The third-order valence-electron chi connectivity index (χ3n) is 9.13. The lowest BCUT2D eigenvalue weighted by Gasteiger charge is -2.65. The number of hydrogen-bond donors (Lipinski definition) is 3. The van der Waals surface area contributed by atoms with Crippen molar-refractivity contribution in [1.82, 2.24) is 0 Å². The third kappa shape index (κ3) is 1.90. The van der Waals surface area contributed by atoms with Crippen molar-refractivity contribution in [3.8, 4) is 0 Å². The van der Waals surface area contributed by atoms with E-state index in [4.69, 9.17) is 5.84 Å². The fourth-order valence-electron chi connectivity index (χ4n) is 7.66. The van der Waals surface area contributed by atoms with E-state index in [1.807, 2.05) is 0 Å². The van der Waals surface area contributed by atoms with Gasteiger partial charge in [0.2, 0.25) is 0 Å². The van der Waals surface area contributed by atoms with Crippen LogP contribution in [0.1, 0.15) is 72.1 Å². The van der Waals surface area contributed by atoms with Crippen LogP contribution in [0.2, 0.25) is 0 Å². The summed E-state index contributed by atoms with van der Waals surface area (Å²) in [4.78, 5) is 0. The van der Waals surface area contributed by atoms with Crippen LogP contribution in [0.3, 0.4) is 0 Å². The van der Waals surface area contributed by atoms with Crippen molar-refractivity contribution < 1.29 is 10.2 Å². The molecule has 4 aliphatic carbocycles. The monoisotopic (exact) mass is 334 g/mol. The molecule has 0 amide bonds. The summed E-state index contributed by atoms with van der Waals surface area (Å²) in [6.07, 6.45) is 7.68. The zero-order valence-electron chi connectivity index (χ0n) is 15.5. The zero-order chi connectivity index (χ0) is 17.3. The summed E-state index contributed by atoms with van der Waals surface area (Å²) >= 11 is 0. The summed E-state index contributed by atoms with van der Waals surface area (Å²) in [5, 5.41) is 26.0. The third-order valence-corrected chi connectivity index (χ3v) is 9.13. The largest absolute Gasteiger partial charge is 0.393 e. The average molecular weight is 335 g/mol. The predicted octanol–water partition coefficient (Wildman–Crippen LogP) is 3.07. The Morgan fingerprint density at radius 2 is 1.88 bits per heavy atom. The molecule has 0 aromatic heterocycles. The molecule has 0 radical (unpaired) electrons. The van der Waals surface area contributed by atoms with Crippen molar-refractivity contribution in [2.75, 3.05) is 0 Å². The van der Waals surface area contributed by atoms with Gasteiger partial charge in [0.25, 0.3) is 0 Å². The highest BCUT2D eigenvalue weighted by Crippen LogP contribution is 2.67. The van der Waals surface area contributed by atoms with Gasteiger partial charge in [0.15, 0.2) is 0 Å². The minimum atomic E-state index is -0.705. The van der Waals surface area contributed by atoms with Gasteiger partial charge in [-0.05, 0) is 74.0 Å². The van der Waals surface area contributed by atoms with Gasteiger partial charge in [-0.1, -0.05) is 20.8 Å². The molecule has 4 nitrogen and oxygen atoms in total. The van der Waals surface area contributed by atoms with Gasteiger partial charge in [0.05, 0.1) is 11.7 Å². The van der Waals surface area contributed by atoms with E-state index in [-0.39, 0.29) is 22.9 Å². The van der Waals surface area contributed by atoms with E-state index >= 15 is 0 Å². The second kappa shape index (κ2) is 5.20. The smallest absolute Gasteiger partial charge is 0.0753 e. The Bertz CT molecular complexity index is 564. The van der Waals surface area contributed by atoms with Crippen LogP contribution < -0.4 is 5.84 Å². The standard InChI is InChI=1S/C20H34N2O2/c1-12-10-14-15-4-5-17(22-21)18(15,2)8-7-16(14)19(3)9-6-13(23)11-20(12,19)24/h12-16,23-24H,4-11,21H2,1-3H3/b22-17-/t12?,13-,14-,15-,16-,18-,19+,20?/m0/s1. The second-order valence-corrected chi connectivity index (χ2v) is 9.82. The molecule has 0 bridgehead atoms. The van der Waals surface area contributed by atoms with Gasteiger partial charge in [-0.2, -0.15) is 5.10 Å². The van der Waals surface area contributed by atoms with Gasteiger partial charge in [-0.15, -0.1) is 0 Å². The van der Waals surface area contributed by atoms with Crippen molar-refractivity contribution in [1.29, 1.82) is 0 Å². The molecule has 0 aromatic carbocycles. The molecule has 4 heteroatoms. The van der Waals surface area contributed by atoms with Crippen LogP contribution in [0.5, 0.6) is 0 Å². The lowest BCUT2D eigenvalue weighted by Crippen LogP contribution is -2.66. The molecular formula is C20H34N2O2. The van der Waals surface area contributed by atoms with Gasteiger partial charge >= 0.3 is 0 Å². The van der Waals surface area contributed by atoms with Gasteiger partial charge in [0, 0.05) is 17.5 Å². The number of aliphatic hydroxyl groups is 2. The molecule has 8 atom stereocenters. The number of rotatable bonds is 0. The fraction of sp³-hybridized carbons (Fsp3) is 0.950. The Hall–Kier alpha value is -0.610. The van der Waals surface area contributed by atoms with Gasteiger partial charge < -0.3 is 16.1 Å². The normalized spacial score (nSPS) is 58.9. The SMILES string of the molecule is CC1C[C@H]2[C@@H]3CC/C(=N/N)[C@@]3(C)CC[C@@H]2[C@@]2(C)CC[C@H](O)CC12O. The molecule has 4 saturated carbocycles. The number of hydrogen-bond acceptors (Lipinski definition) is 4. The number of nitrogens with two attached hydrogens (primary N) is 1. The summed E-state index contributed by atoms with van der Waals surface area (Å²) in [6.45, 7) is 6.91. The maximum absolute atomic E-state index is 11.6. The van der Waals surface area contributed by atoms with E-state index in [1.165, 1.54) is 12.1 Å². The van der Waals surface area contributed by atoms with E-state index in [0.717, 1.165) is 38.5 Å². The molecule has 2 unspecified atom stereocenters. The van der Waals surface area contributed by atoms with Gasteiger partial charge in [-0.3, -0.25) is 0 Å². The number of fused-ring (bicyclic) bond motifs is 5. The van der Waals surface area contributed by atoms with E-state index in [2.05, 4.69) is 25.9 Å². The minimum Gasteiger partial charge on any atom is -0.393 e. The first-order valence-corrected chi connectivity index (χ1v) is 9.94. The van der Waals surface area contributed by atoms with Crippen molar-refractivity contribution >= 4 is 5.71 Å². The maximum atomic E-state index is 11.6. The summed E-state index contributed by atoms with van der Waals surface area (Å²) in [7, 11) is 0. The van der Waals surface area contributed by atoms with Crippen LogP contribution in [0, 0.1) is 34.5 Å². The van der Waals surface area contributed by atoms with E-state index < -0.39 is 5.60 Å². The van der Waals surface area contributed by atoms with Crippen molar-refractivity contribution in [2.45, 2.75) is 83.8 Å². The summed E-state index contributed by atoms with van der Waals surface area (Å²) in [5.41, 5.74) is 0.639. The Morgan fingerprint density at radius 3 is 2.58 bits per heavy atom. The first-order valence-electron chi connectivity index (χ1n) is 9.94. The Morgan fingerprint density at radius 1 is 1.12 bits per heavy atom. The lowest BCUT2D eigenvalue weighted by atomic mass is 9.41. The van der Waals surface area contributed by atoms with Crippen molar-refractivity contribution in [2.24, 2.45) is 45.4 Å². The van der Waals surface area contributed by atoms with Crippen LogP contribution in [0.15, 0.2) is 5.10 Å². The topological polar surface area (TPSA) is 78.8 Å². The molecule has 0 heterocycles. The number of aliphatic hydroxyl groups excluding tert-OH is 1. The minimum absolute atomic E-state index is 0.0570. The molecule has 4 N–H and O–H groups in total. The summed E-state index contributed by atoms with van der Waals surface area (Å²) in [6, 6.07) is 0. The molecule has 4 rings (SSSR count). The highest BCUT2D eigenvalue weighted by molar-refractivity contribution is 5.92. The quantitative estimate of drug-likeness (QED) is 0.470. The molecule has 136 valence electrons. The molecule has 0 aromatic rings. The van der Waals surface area contributed by atoms with Crippen LogP contribution in [-0.2, 0) is 0 Å². The Balaban J connectivity index is 1.72. The number of nitrogens with zero attached hydrogens (tertiary/aromatic N) is 1. The molecular weight excluding hydrogens is 300 g/mol. The molecule has 4 aliphatic rings. The van der Waals surface area contributed by atoms with E-state index in [1.54, 1.807) is 0 Å². The summed E-state index contributed by atoms with van der Waals surface area (Å²) in [5.74, 6) is 7.86. The average Bonchev–Trinajstić information content (AvgIpc) is 2.87. The molecule has 0 aliphatic heterocycles. The van der Waals surface area contributed by atoms with Crippen LogP contribution in [-0.4, -0.2) is 27.6 Å². The molecule has 0 spiro atoms. The van der Waals surface area contributed by atoms with Crippen LogP contribution in [0.25, 0.3) is 0 Å². The zero-order valence-corrected chi connectivity index (χ0v) is 15.5. The molecule has 0 saturated heterocycles. The molecule has 24 heavy (non-hydrogen) atoms. The van der Waals surface area contributed by atoms with E-state index in [0.29, 0.717) is 24.2 Å². The second-order valence-electron chi connectivity index (χ2n) is 9.82.